The van der Waals surface area contributed by atoms with Gasteiger partial charge < -0.3 is 10.2 Å². The average Bonchev–Trinajstić information content (AvgIpc) is 3.18. The van der Waals surface area contributed by atoms with Crippen LogP contribution in [0.15, 0.2) is 48.6 Å². The summed E-state index contributed by atoms with van der Waals surface area (Å²) in [6.45, 7) is 5.46. The third kappa shape index (κ3) is 3.31. The molecule has 1 N–H and O–H groups in total. The third-order valence-electron chi connectivity index (χ3n) is 5.96. The van der Waals surface area contributed by atoms with Gasteiger partial charge in [-0.15, -0.1) is 0 Å². The van der Waals surface area contributed by atoms with Crippen LogP contribution in [0.4, 0.5) is 5.69 Å². The summed E-state index contributed by atoms with van der Waals surface area (Å²) in [6, 6.07) is 11.8. The Balaban J connectivity index is 1.72. The maximum atomic E-state index is 12.8. The van der Waals surface area contributed by atoms with E-state index in [-0.39, 0.29) is 17.9 Å². The summed E-state index contributed by atoms with van der Waals surface area (Å²) < 4.78 is 0. The van der Waals surface area contributed by atoms with Gasteiger partial charge in [0.25, 0.3) is 5.91 Å². The van der Waals surface area contributed by atoms with Crippen LogP contribution in [0.2, 0.25) is 10.0 Å². The Hall–Kier alpha value is -1.97. The van der Waals surface area contributed by atoms with Crippen LogP contribution in [0.25, 0.3) is 0 Å². The minimum Gasteiger partial charge on any atom is -0.378 e. The van der Waals surface area contributed by atoms with E-state index in [9.17, 15) is 4.79 Å². The number of carbonyl (C=O) groups excluding carboxylic acids is 1. The van der Waals surface area contributed by atoms with Crippen molar-refractivity contribution in [1.82, 2.24) is 4.90 Å². The van der Waals surface area contributed by atoms with Crippen LogP contribution < -0.4 is 5.32 Å². The second kappa shape index (κ2) is 7.81. The Morgan fingerprint density at radius 1 is 1.11 bits per heavy atom. The molecule has 2 aromatic carbocycles. The molecule has 2 aliphatic rings. The highest BCUT2D eigenvalue weighted by atomic mass is 35.5. The summed E-state index contributed by atoms with van der Waals surface area (Å²) in [5.74, 6) is 0.733. The van der Waals surface area contributed by atoms with E-state index in [2.05, 4.69) is 23.5 Å². The molecule has 0 saturated heterocycles. The van der Waals surface area contributed by atoms with E-state index in [0.29, 0.717) is 29.1 Å². The lowest BCUT2D eigenvalue weighted by molar-refractivity contribution is 0.0773. The summed E-state index contributed by atoms with van der Waals surface area (Å²) in [5.41, 5.74) is 4.09. The predicted molar refractivity (Wildman–Crippen MR) is 117 cm³/mol. The maximum Gasteiger partial charge on any atom is 0.253 e. The topological polar surface area (TPSA) is 32.3 Å². The Kier molecular flexibility index (Phi) is 5.39. The fraction of sp³-hybridized carbons (Fsp3) is 0.348. The van der Waals surface area contributed by atoms with E-state index in [1.807, 2.05) is 43.0 Å². The first-order chi connectivity index (χ1) is 13.5. The summed E-state index contributed by atoms with van der Waals surface area (Å²) in [7, 11) is 0. The predicted octanol–water partition coefficient (Wildman–Crippen LogP) is 6.30. The second-order valence-electron chi connectivity index (χ2n) is 7.42. The maximum absolute atomic E-state index is 12.8. The second-order valence-corrected chi connectivity index (χ2v) is 8.26. The molecule has 0 bridgehead atoms. The van der Waals surface area contributed by atoms with Gasteiger partial charge in [0.05, 0.1) is 6.04 Å². The molecule has 3 nitrogen and oxygen atoms in total. The van der Waals surface area contributed by atoms with Gasteiger partial charge in [0.15, 0.2) is 0 Å². The quantitative estimate of drug-likeness (QED) is 0.594. The highest BCUT2D eigenvalue weighted by Crippen LogP contribution is 2.51. The van der Waals surface area contributed by atoms with Crippen molar-refractivity contribution >= 4 is 34.8 Å². The number of rotatable bonds is 4. The monoisotopic (exact) mass is 414 g/mol. The molecular weight excluding hydrogens is 391 g/mol. The van der Waals surface area contributed by atoms with Crippen LogP contribution in [-0.2, 0) is 0 Å². The number of hydrogen-bond donors (Lipinski definition) is 1. The van der Waals surface area contributed by atoms with Crippen molar-refractivity contribution < 1.29 is 4.79 Å². The molecule has 0 fully saturated rings. The molecule has 0 saturated carbocycles. The van der Waals surface area contributed by atoms with Crippen LogP contribution in [0.3, 0.4) is 0 Å². The molecule has 5 heteroatoms. The van der Waals surface area contributed by atoms with Gasteiger partial charge in [-0.05, 0) is 67.6 Å². The average molecular weight is 415 g/mol. The Morgan fingerprint density at radius 3 is 2.61 bits per heavy atom. The zero-order valence-corrected chi connectivity index (χ0v) is 17.6. The molecule has 1 heterocycles. The van der Waals surface area contributed by atoms with Crippen molar-refractivity contribution in [1.29, 1.82) is 0 Å². The molecule has 146 valence electrons. The van der Waals surface area contributed by atoms with Crippen molar-refractivity contribution in [2.75, 3.05) is 18.4 Å². The van der Waals surface area contributed by atoms with Crippen molar-refractivity contribution in [3.8, 4) is 0 Å². The van der Waals surface area contributed by atoms with Gasteiger partial charge in [-0.25, -0.2) is 0 Å². The summed E-state index contributed by atoms with van der Waals surface area (Å²) in [6.07, 6.45) is 5.49. The van der Waals surface area contributed by atoms with Gasteiger partial charge in [-0.3, -0.25) is 4.79 Å². The number of nitrogens with one attached hydrogen (secondary N) is 1. The van der Waals surface area contributed by atoms with Crippen LogP contribution in [0, 0.1) is 5.92 Å². The molecule has 0 radical (unpaired) electrons. The Labute approximate surface area is 176 Å². The largest absolute Gasteiger partial charge is 0.378 e. The Morgan fingerprint density at radius 2 is 1.89 bits per heavy atom. The molecule has 1 aliphatic carbocycles. The molecule has 28 heavy (non-hydrogen) atoms. The molecule has 0 spiro atoms. The van der Waals surface area contributed by atoms with Crippen LogP contribution in [-0.4, -0.2) is 23.9 Å². The summed E-state index contributed by atoms with van der Waals surface area (Å²) >= 11 is 12.6. The first-order valence-corrected chi connectivity index (χ1v) is 10.6. The number of hydrogen-bond acceptors (Lipinski definition) is 2. The van der Waals surface area contributed by atoms with Crippen LogP contribution >= 0.6 is 23.2 Å². The molecule has 4 rings (SSSR count). The van der Waals surface area contributed by atoms with Gasteiger partial charge in [0.1, 0.15) is 0 Å². The van der Waals surface area contributed by atoms with Gasteiger partial charge in [-0.1, -0.05) is 41.4 Å². The number of benzene rings is 2. The van der Waals surface area contributed by atoms with Gasteiger partial charge in [0.2, 0.25) is 0 Å². The zero-order chi connectivity index (χ0) is 19.8. The highest BCUT2D eigenvalue weighted by Gasteiger charge is 2.39. The fourth-order valence-corrected chi connectivity index (χ4v) is 5.01. The lowest BCUT2D eigenvalue weighted by Gasteiger charge is -2.38. The molecule has 3 atom stereocenters. The first-order valence-electron chi connectivity index (χ1n) is 9.84. The molecule has 1 amide bonds. The minimum atomic E-state index is 0.0918. The molecule has 0 unspecified atom stereocenters. The van der Waals surface area contributed by atoms with E-state index in [1.54, 1.807) is 6.07 Å². The number of anilines is 1. The Bertz CT molecular complexity index is 936. The molecular formula is C23H24Cl2N2O. The lowest BCUT2D eigenvalue weighted by Crippen LogP contribution is -2.32. The summed E-state index contributed by atoms with van der Waals surface area (Å²) in [5, 5.41) is 5.01. The van der Waals surface area contributed by atoms with Gasteiger partial charge >= 0.3 is 0 Å². The van der Waals surface area contributed by atoms with Crippen LogP contribution in [0.5, 0.6) is 0 Å². The normalized spacial score (nSPS) is 22.4. The fourth-order valence-electron chi connectivity index (χ4n) is 4.48. The number of fused-ring (bicyclic) bond motifs is 3. The van der Waals surface area contributed by atoms with E-state index in [4.69, 9.17) is 23.2 Å². The van der Waals surface area contributed by atoms with E-state index >= 15 is 0 Å². The van der Waals surface area contributed by atoms with Crippen molar-refractivity contribution in [2.24, 2.45) is 5.92 Å². The van der Waals surface area contributed by atoms with Gasteiger partial charge in [0, 0.05) is 40.3 Å². The standard InChI is InChI=1S/C23H24Cl2N2O/c1-3-27(4-2)23(28)14-8-11-21-19(12-14)16-6-5-7-17(16)22(26-21)18-10-9-15(24)13-20(18)25/h5-6,8-13,16-17,22,26H,3-4,7H2,1-2H3/t16-,17+,22+/m0/s1. The molecule has 2 aromatic rings. The van der Waals surface area contributed by atoms with E-state index in [0.717, 1.165) is 23.2 Å². The lowest BCUT2D eigenvalue weighted by atomic mass is 9.76. The van der Waals surface area contributed by atoms with Crippen molar-refractivity contribution in [2.45, 2.75) is 32.2 Å². The zero-order valence-electron chi connectivity index (χ0n) is 16.1. The summed E-state index contributed by atoms with van der Waals surface area (Å²) in [4.78, 5) is 14.7. The van der Waals surface area contributed by atoms with Crippen LogP contribution in [0.1, 0.15) is 53.7 Å². The van der Waals surface area contributed by atoms with Crippen molar-refractivity contribution in [3.05, 3.63) is 75.3 Å². The number of amides is 1. The smallest absolute Gasteiger partial charge is 0.253 e. The third-order valence-corrected chi connectivity index (χ3v) is 6.52. The number of nitrogens with zero attached hydrogens (tertiary/aromatic N) is 1. The van der Waals surface area contributed by atoms with E-state index < -0.39 is 0 Å². The van der Waals surface area contributed by atoms with E-state index in [1.165, 1.54) is 5.56 Å². The number of carbonyl (C=O) groups is 1. The number of halogens is 2. The first kappa shape index (κ1) is 19.4. The minimum absolute atomic E-state index is 0.0918. The van der Waals surface area contributed by atoms with Crippen molar-refractivity contribution in [3.63, 3.8) is 0 Å². The van der Waals surface area contributed by atoms with Gasteiger partial charge in [-0.2, -0.15) is 0 Å². The number of allylic oxidation sites excluding steroid dienone is 2. The molecule has 1 aliphatic heterocycles. The highest BCUT2D eigenvalue weighted by molar-refractivity contribution is 6.35. The molecule has 0 aromatic heterocycles. The SMILES string of the molecule is CCN(CC)C(=O)c1ccc2c(c1)[C@H]1C=CC[C@H]1[C@H](c1ccc(Cl)cc1Cl)N2.